The number of hydrogen-bond acceptors (Lipinski definition) is 8. The van der Waals surface area contributed by atoms with E-state index in [2.05, 4.69) is 0 Å². The maximum atomic E-state index is 13.2. The summed E-state index contributed by atoms with van der Waals surface area (Å²) in [6.07, 6.45) is -8.34. The van der Waals surface area contributed by atoms with Crippen LogP contribution in [0.15, 0.2) is 0 Å². The van der Waals surface area contributed by atoms with Gasteiger partial charge >= 0.3 is 19.7 Å². The number of amides is 1. The Morgan fingerprint density at radius 3 is 2.55 bits per heavy atom. The summed E-state index contributed by atoms with van der Waals surface area (Å²) in [5.41, 5.74) is 0. The van der Waals surface area contributed by atoms with Crippen LogP contribution in [0.2, 0.25) is 0 Å². The number of alkyl halides is 3. The van der Waals surface area contributed by atoms with Crippen molar-refractivity contribution in [2.75, 3.05) is 25.9 Å². The molecule has 0 bridgehead atoms. The van der Waals surface area contributed by atoms with E-state index in [9.17, 15) is 32.7 Å². The molecule has 0 aromatic carbocycles. The van der Waals surface area contributed by atoms with Crippen molar-refractivity contribution in [3.8, 4) is 0 Å². The molecule has 2 aliphatic rings. The van der Waals surface area contributed by atoms with Gasteiger partial charge in [0, 0.05) is 19.0 Å². The Labute approximate surface area is 167 Å². The highest BCUT2D eigenvalue weighted by Gasteiger charge is 2.42. The van der Waals surface area contributed by atoms with Gasteiger partial charge in [-0.15, -0.1) is 0 Å². The number of aliphatic hydroxyl groups is 2. The number of hydrogen-bond donors (Lipinski definition) is 3. The Bertz CT molecular complexity index is 613. The van der Waals surface area contributed by atoms with Crippen molar-refractivity contribution in [2.45, 2.75) is 62.5 Å². The van der Waals surface area contributed by atoms with Crippen molar-refractivity contribution in [1.82, 2.24) is 5.32 Å². The standard InChI is InChI=1S/C15H26BF3NO8P/c1-8-4-9(22)12(26-8)7-25-29(24,3-2-20-14(23)15(17,18)19)28-10-5-13(16)27-11(10)6-21/h8-13,21-22H,2-7,16H2,1H3,(H,20,23). The van der Waals surface area contributed by atoms with Crippen molar-refractivity contribution < 1.29 is 51.3 Å². The van der Waals surface area contributed by atoms with Crippen LogP contribution < -0.4 is 5.32 Å². The summed E-state index contributed by atoms with van der Waals surface area (Å²) in [5, 5.41) is 20.9. The van der Waals surface area contributed by atoms with Crippen LogP contribution in [-0.4, -0.2) is 92.6 Å². The number of carbonyl (C=O) groups is 1. The Kier molecular flexibility index (Phi) is 8.55. The monoisotopic (exact) mass is 447 g/mol. The van der Waals surface area contributed by atoms with Crippen LogP contribution >= 0.6 is 7.60 Å². The van der Waals surface area contributed by atoms with Crippen LogP contribution in [0.4, 0.5) is 13.2 Å². The van der Waals surface area contributed by atoms with E-state index in [1.54, 1.807) is 20.1 Å². The molecule has 7 unspecified atom stereocenters. The van der Waals surface area contributed by atoms with Crippen LogP contribution in [0.25, 0.3) is 0 Å². The molecule has 29 heavy (non-hydrogen) atoms. The smallest absolute Gasteiger partial charge is 0.394 e. The molecule has 0 radical (unpaired) electrons. The SMILES string of the molecule is BC1CC(OP(=O)(CCNC(=O)C(F)(F)F)OCC2OC(C)CC2O)C(CO)O1. The molecule has 0 spiro atoms. The van der Waals surface area contributed by atoms with Crippen molar-refractivity contribution in [3.05, 3.63) is 0 Å². The van der Waals surface area contributed by atoms with Crippen molar-refractivity contribution >= 4 is 21.3 Å². The van der Waals surface area contributed by atoms with Crippen LogP contribution in [0.3, 0.4) is 0 Å². The minimum Gasteiger partial charge on any atom is -0.394 e. The maximum absolute atomic E-state index is 13.2. The molecule has 0 aromatic rings. The summed E-state index contributed by atoms with van der Waals surface area (Å²) < 4.78 is 72.0. The third-order valence-corrected chi connectivity index (χ3v) is 6.54. The summed E-state index contributed by atoms with van der Waals surface area (Å²) >= 11 is 0. The first kappa shape index (κ1) is 24.6. The molecule has 2 heterocycles. The lowest BCUT2D eigenvalue weighted by Crippen LogP contribution is -2.38. The predicted molar refractivity (Wildman–Crippen MR) is 96.2 cm³/mol. The minimum atomic E-state index is -5.07. The van der Waals surface area contributed by atoms with Gasteiger partial charge in [0.1, 0.15) is 20.1 Å². The van der Waals surface area contributed by atoms with E-state index in [-0.39, 0.29) is 18.7 Å². The number of carbonyl (C=O) groups excluding carboxylic acids is 1. The molecule has 2 saturated heterocycles. The van der Waals surface area contributed by atoms with Gasteiger partial charge in [-0.2, -0.15) is 13.2 Å². The molecule has 7 atom stereocenters. The van der Waals surface area contributed by atoms with Crippen molar-refractivity contribution in [2.24, 2.45) is 0 Å². The van der Waals surface area contributed by atoms with Gasteiger partial charge in [0.15, 0.2) is 0 Å². The molecular formula is C15H26BF3NO8P. The van der Waals surface area contributed by atoms with Gasteiger partial charge in [-0.1, -0.05) is 0 Å². The van der Waals surface area contributed by atoms with Crippen molar-refractivity contribution in [1.29, 1.82) is 0 Å². The van der Waals surface area contributed by atoms with Gasteiger partial charge < -0.3 is 34.1 Å². The number of halogens is 3. The van der Waals surface area contributed by atoms with Gasteiger partial charge in [-0.25, -0.2) is 0 Å². The first-order valence-corrected chi connectivity index (χ1v) is 11.0. The van der Waals surface area contributed by atoms with Gasteiger partial charge in [0.25, 0.3) is 0 Å². The molecular weight excluding hydrogens is 421 g/mol. The highest BCUT2D eigenvalue weighted by atomic mass is 31.2. The molecule has 14 heteroatoms. The number of rotatable bonds is 9. The van der Waals surface area contributed by atoms with Crippen LogP contribution in [0, 0.1) is 0 Å². The van der Waals surface area contributed by atoms with E-state index in [1.165, 1.54) is 0 Å². The fraction of sp³-hybridized carbons (Fsp3) is 0.933. The third kappa shape index (κ3) is 7.20. The zero-order valence-electron chi connectivity index (χ0n) is 16.1. The van der Waals surface area contributed by atoms with E-state index in [1.807, 2.05) is 0 Å². The van der Waals surface area contributed by atoms with Gasteiger partial charge in [-0.05, 0) is 13.3 Å². The topological polar surface area (TPSA) is 124 Å². The molecule has 0 aliphatic carbocycles. The third-order valence-electron chi connectivity index (χ3n) is 4.64. The molecule has 0 aromatic heterocycles. The lowest BCUT2D eigenvalue weighted by molar-refractivity contribution is -0.173. The molecule has 3 N–H and O–H groups in total. The quantitative estimate of drug-likeness (QED) is 0.321. The fourth-order valence-corrected chi connectivity index (χ4v) is 4.92. The molecule has 2 fully saturated rings. The summed E-state index contributed by atoms with van der Waals surface area (Å²) in [6.45, 7) is 0.437. The number of nitrogens with one attached hydrogen (secondary N) is 1. The fourth-order valence-electron chi connectivity index (χ4n) is 3.23. The van der Waals surface area contributed by atoms with E-state index in [0.29, 0.717) is 12.8 Å². The normalized spacial score (nSPS) is 34.8. The first-order valence-electron chi connectivity index (χ1n) is 9.30. The Morgan fingerprint density at radius 1 is 1.31 bits per heavy atom. The highest BCUT2D eigenvalue weighted by Crippen LogP contribution is 2.51. The number of ether oxygens (including phenoxy) is 2. The molecule has 1 amide bonds. The Hall–Kier alpha value is -0.685. The molecule has 2 rings (SSSR count). The second-order valence-corrected chi connectivity index (χ2v) is 9.36. The summed E-state index contributed by atoms with van der Waals surface area (Å²) in [7, 11) is -2.29. The van der Waals surface area contributed by atoms with Crippen molar-refractivity contribution in [3.63, 3.8) is 0 Å². The zero-order chi connectivity index (χ0) is 21.8. The average molecular weight is 447 g/mol. The second-order valence-electron chi connectivity index (χ2n) is 7.22. The second kappa shape index (κ2) is 10.1. The Balaban J connectivity index is 2.01. The lowest BCUT2D eigenvalue weighted by Gasteiger charge is -2.26. The largest absolute Gasteiger partial charge is 0.471 e. The van der Waals surface area contributed by atoms with Gasteiger partial charge in [0.2, 0.25) is 0 Å². The Morgan fingerprint density at radius 2 is 2.00 bits per heavy atom. The van der Waals surface area contributed by atoms with Crippen LogP contribution in [-0.2, 0) is 27.9 Å². The van der Waals surface area contributed by atoms with E-state index in [4.69, 9.17) is 18.5 Å². The van der Waals surface area contributed by atoms with Crippen LogP contribution in [0.5, 0.6) is 0 Å². The zero-order valence-corrected chi connectivity index (χ0v) is 17.0. The van der Waals surface area contributed by atoms with Gasteiger partial charge in [-0.3, -0.25) is 9.36 Å². The molecule has 0 saturated carbocycles. The van der Waals surface area contributed by atoms with E-state index >= 15 is 0 Å². The van der Waals surface area contributed by atoms with Gasteiger partial charge in [0.05, 0.1) is 37.7 Å². The maximum Gasteiger partial charge on any atom is 0.471 e. The van der Waals surface area contributed by atoms with E-state index in [0.717, 1.165) is 0 Å². The highest BCUT2D eigenvalue weighted by molar-refractivity contribution is 7.53. The molecule has 2 aliphatic heterocycles. The van der Waals surface area contributed by atoms with Crippen LogP contribution in [0.1, 0.15) is 19.8 Å². The molecule has 168 valence electrons. The number of aliphatic hydroxyl groups excluding tert-OH is 2. The molecule has 9 nitrogen and oxygen atoms in total. The van der Waals surface area contributed by atoms with E-state index < -0.39 is 63.4 Å². The lowest BCUT2D eigenvalue weighted by atomic mass is 9.96. The average Bonchev–Trinajstić information content (AvgIpc) is 3.12. The summed E-state index contributed by atoms with van der Waals surface area (Å²) in [4.78, 5) is 11.0. The first-order chi connectivity index (χ1) is 13.4. The summed E-state index contributed by atoms with van der Waals surface area (Å²) in [6, 6.07) is -0.281. The predicted octanol–water partition coefficient (Wildman–Crippen LogP) is -0.461. The summed E-state index contributed by atoms with van der Waals surface area (Å²) in [5.74, 6) is -2.17. The minimum absolute atomic E-state index is 0.229.